The van der Waals surface area contributed by atoms with Crippen LogP contribution in [-0.4, -0.2) is 33.7 Å². The van der Waals surface area contributed by atoms with E-state index in [1.807, 2.05) is 0 Å². The first kappa shape index (κ1) is 31.8. The Morgan fingerprint density at radius 1 is 1.14 bits per heavy atom. The van der Waals surface area contributed by atoms with Crippen molar-refractivity contribution < 1.29 is 18.8 Å². The molecule has 0 aliphatic heterocycles. The van der Waals surface area contributed by atoms with Gasteiger partial charge in [0, 0.05) is 12.0 Å². The van der Waals surface area contributed by atoms with Crippen LogP contribution in [0.2, 0.25) is 13.1 Å². The second kappa shape index (κ2) is 16.5. The Morgan fingerprint density at radius 3 is 2.43 bits per heavy atom. The molecule has 2 atom stereocenters. The summed E-state index contributed by atoms with van der Waals surface area (Å²) < 4.78 is 11.3. The molecule has 0 saturated carbocycles. The number of methoxy groups -OCH3 is 1. The fraction of sp³-hybridized carbons (Fsp3) is 0.724. The summed E-state index contributed by atoms with van der Waals surface area (Å²) in [6.07, 6.45) is 15.5. The van der Waals surface area contributed by atoms with Crippen LogP contribution in [0, 0.1) is 17.3 Å². The third-order valence-corrected chi connectivity index (χ3v) is 8.06. The molecule has 4 nitrogen and oxygen atoms in total. The minimum absolute atomic E-state index is 0.0856. The van der Waals surface area contributed by atoms with Crippen LogP contribution in [0.5, 0.6) is 0 Å². The molecular weight excluding hydrogens is 472 g/mol. The SMILES string of the molecule is CCCCCC(/C=C(\O[SiH](C)C)C1C=C(SCC)C(=O)/C1=C\CCCCCC(=O)OC)C(C)(C)C. The van der Waals surface area contributed by atoms with E-state index < -0.39 is 9.04 Å². The van der Waals surface area contributed by atoms with Crippen LogP contribution in [-0.2, 0) is 18.8 Å². The van der Waals surface area contributed by atoms with Crippen LogP contribution in [0.1, 0.15) is 92.4 Å². The van der Waals surface area contributed by atoms with Gasteiger partial charge >= 0.3 is 5.97 Å². The Morgan fingerprint density at radius 2 is 1.86 bits per heavy atom. The van der Waals surface area contributed by atoms with Gasteiger partial charge in [0.25, 0.3) is 0 Å². The summed E-state index contributed by atoms with van der Waals surface area (Å²) >= 11 is 1.63. The van der Waals surface area contributed by atoms with E-state index in [2.05, 4.69) is 65.9 Å². The van der Waals surface area contributed by atoms with Crippen LogP contribution in [0.4, 0.5) is 0 Å². The van der Waals surface area contributed by atoms with Gasteiger partial charge in [0.2, 0.25) is 9.04 Å². The first-order valence-electron chi connectivity index (χ1n) is 13.6. The van der Waals surface area contributed by atoms with Gasteiger partial charge in [-0.05, 0) is 61.9 Å². The maximum atomic E-state index is 13.3. The van der Waals surface area contributed by atoms with Gasteiger partial charge < -0.3 is 9.16 Å². The summed E-state index contributed by atoms with van der Waals surface area (Å²) in [6, 6.07) is 0. The first-order chi connectivity index (χ1) is 16.5. The van der Waals surface area contributed by atoms with Crippen LogP contribution in [0.15, 0.2) is 34.5 Å². The second-order valence-electron chi connectivity index (χ2n) is 10.8. The number of hydrogen-bond acceptors (Lipinski definition) is 5. The number of ether oxygens (including phenoxy) is 1. The van der Waals surface area contributed by atoms with E-state index in [1.54, 1.807) is 11.8 Å². The smallest absolute Gasteiger partial charge is 0.305 e. The maximum Gasteiger partial charge on any atom is 0.305 e. The summed E-state index contributed by atoms with van der Waals surface area (Å²) in [5.74, 6) is 2.19. The highest BCUT2D eigenvalue weighted by molar-refractivity contribution is 8.04. The number of allylic oxidation sites excluding steroid dienone is 4. The number of rotatable bonds is 16. The van der Waals surface area contributed by atoms with Crippen LogP contribution in [0.3, 0.4) is 0 Å². The lowest BCUT2D eigenvalue weighted by Crippen LogP contribution is -2.22. The van der Waals surface area contributed by atoms with E-state index in [9.17, 15) is 9.59 Å². The molecule has 0 radical (unpaired) electrons. The van der Waals surface area contributed by atoms with E-state index in [4.69, 9.17) is 9.16 Å². The topological polar surface area (TPSA) is 52.6 Å². The van der Waals surface area contributed by atoms with E-state index >= 15 is 0 Å². The number of Topliss-reactive ketones (excluding diaryl/α,β-unsaturated/α-hetero) is 1. The highest BCUT2D eigenvalue weighted by Gasteiger charge is 2.34. The minimum atomic E-state index is -1.36. The van der Waals surface area contributed by atoms with E-state index in [-0.39, 0.29) is 23.1 Å². The molecule has 1 aliphatic carbocycles. The number of carbonyl (C=O) groups is 2. The molecule has 0 saturated heterocycles. The normalized spacial score (nSPS) is 18.8. The third-order valence-electron chi connectivity index (χ3n) is 6.39. The zero-order valence-electron chi connectivity index (χ0n) is 23.6. The van der Waals surface area contributed by atoms with E-state index in [1.165, 1.54) is 26.4 Å². The largest absolute Gasteiger partial charge is 0.549 e. The fourth-order valence-corrected chi connectivity index (χ4v) is 5.90. The predicted molar refractivity (Wildman–Crippen MR) is 153 cm³/mol. The first-order valence-corrected chi connectivity index (χ1v) is 17.4. The lowest BCUT2D eigenvalue weighted by Gasteiger charge is -2.31. The molecule has 200 valence electrons. The van der Waals surface area contributed by atoms with Crippen LogP contribution in [0.25, 0.3) is 0 Å². The Labute approximate surface area is 221 Å². The van der Waals surface area contributed by atoms with Gasteiger partial charge in [-0.2, -0.15) is 0 Å². The van der Waals surface area contributed by atoms with Gasteiger partial charge in [0.05, 0.1) is 23.7 Å². The average molecular weight is 523 g/mol. The molecule has 0 aromatic carbocycles. The zero-order valence-corrected chi connectivity index (χ0v) is 25.5. The average Bonchev–Trinajstić information content (AvgIpc) is 3.09. The van der Waals surface area contributed by atoms with Crippen molar-refractivity contribution in [1.29, 1.82) is 0 Å². The number of ketones is 1. The molecule has 0 heterocycles. The molecule has 0 fully saturated rings. The molecule has 0 aromatic rings. The molecule has 35 heavy (non-hydrogen) atoms. The Hall–Kier alpha value is -1.27. The summed E-state index contributed by atoms with van der Waals surface area (Å²) in [4.78, 5) is 25.5. The van der Waals surface area contributed by atoms with Gasteiger partial charge in [0.15, 0.2) is 5.78 Å². The Kier molecular flexibility index (Phi) is 14.9. The summed E-state index contributed by atoms with van der Waals surface area (Å²) in [6.45, 7) is 15.7. The molecule has 1 rings (SSSR count). The minimum Gasteiger partial charge on any atom is -0.549 e. The standard InChI is InChI=1S/C29H50O4SSi/c1-9-11-14-17-22(29(3,4)5)20-25(33-35(7)8)24-21-26(34-10-2)28(31)23(24)18-15-12-13-16-19-27(30)32-6/h18,20-22,24,35H,9-17,19H2,1-8H3/b23-18-,25-20-. The molecule has 0 amide bonds. The van der Waals surface area contributed by atoms with Gasteiger partial charge in [-0.1, -0.05) is 72.5 Å². The number of unbranched alkanes of at least 4 members (excludes halogenated alkanes) is 5. The molecule has 2 unspecified atom stereocenters. The van der Waals surface area contributed by atoms with Gasteiger partial charge in [-0.25, -0.2) is 0 Å². The molecule has 0 N–H and O–H groups in total. The van der Waals surface area contributed by atoms with Crippen molar-refractivity contribution >= 4 is 32.6 Å². The summed E-state index contributed by atoms with van der Waals surface area (Å²) in [5.41, 5.74) is 1.01. The van der Waals surface area contributed by atoms with Crippen molar-refractivity contribution in [2.24, 2.45) is 17.3 Å². The number of hydrogen-bond donors (Lipinski definition) is 0. The Balaban J connectivity index is 3.19. The lowest BCUT2D eigenvalue weighted by molar-refractivity contribution is -0.140. The lowest BCUT2D eigenvalue weighted by atomic mass is 9.76. The summed E-state index contributed by atoms with van der Waals surface area (Å²) in [5, 5.41) is 0. The van der Waals surface area contributed by atoms with Crippen molar-refractivity contribution in [3.05, 3.63) is 34.5 Å². The van der Waals surface area contributed by atoms with Gasteiger partial charge in [-0.3, -0.25) is 9.59 Å². The molecule has 0 spiro atoms. The number of esters is 1. The van der Waals surface area contributed by atoms with Crippen LogP contribution < -0.4 is 0 Å². The van der Waals surface area contributed by atoms with E-state index in [0.29, 0.717) is 12.3 Å². The summed E-state index contributed by atoms with van der Waals surface area (Å²) in [7, 11) is 0.0720. The van der Waals surface area contributed by atoms with Crippen molar-refractivity contribution in [2.45, 2.75) is 106 Å². The second-order valence-corrected chi connectivity index (χ2v) is 14.4. The van der Waals surface area contributed by atoms with E-state index in [0.717, 1.165) is 54.1 Å². The third kappa shape index (κ3) is 11.5. The van der Waals surface area contributed by atoms with Gasteiger partial charge in [0.1, 0.15) is 0 Å². The maximum absolute atomic E-state index is 13.3. The highest BCUT2D eigenvalue weighted by Crippen LogP contribution is 2.41. The monoisotopic (exact) mass is 522 g/mol. The number of carbonyl (C=O) groups excluding carboxylic acids is 2. The van der Waals surface area contributed by atoms with Crippen molar-refractivity contribution in [3.8, 4) is 0 Å². The molecule has 1 aliphatic rings. The fourth-order valence-electron chi connectivity index (χ4n) is 4.34. The predicted octanol–water partition coefficient (Wildman–Crippen LogP) is 8.00. The van der Waals surface area contributed by atoms with Crippen molar-refractivity contribution in [3.63, 3.8) is 0 Å². The van der Waals surface area contributed by atoms with Crippen LogP contribution >= 0.6 is 11.8 Å². The zero-order chi connectivity index (χ0) is 26.4. The van der Waals surface area contributed by atoms with Crippen molar-refractivity contribution in [2.75, 3.05) is 12.9 Å². The molecule has 0 aromatic heterocycles. The Bertz CT molecular complexity index is 761. The molecule has 6 heteroatoms. The quantitative estimate of drug-likeness (QED) is 0.0676. The molecule has 0 bridgehead atoms. The molecular formula is C29H50O4SSi. The number of thioether (sulfide) groups is 1. The van der Waals surface area contributed by atoms with Crippen molar-refractivity contribution in [1.82, 2.24) is 0 Å². The van der Waals surface area contributed by atoms with Gasteiger partial charge in [-0.15, -0.1) is 11.8 Å². The highest BCUT2D eigenvalue weighted by atomic mass is 32.2.